The second kappa shape index (κ2) is 9.77. The van der Waals surface area contributed by atoms with Crippen LogP contribution in [0.4, 0.5) is 14.5 Å². The monoisotopic (exact) mass is 403 g/mol. The van der Waals surface area contributed by atoms with Gasteiger partial charge in [0.15, 0.2) is 0 Å². The quantitative estimate of drug-likeness (QED) is 0.746. The summed E-state index contributed by atoms with van der Waals surface area (Å²) in [6, 6.07) is 10.8. The molecule has 1 atom stereocenters. The molecule has 2 aromatic rings. The number of halogens is 2. The van der Waals surface area contributed by atoms with E-state index in [0.717, 1.165) is 23.1 Å². The molecule has 0 radical (unpaired) electrons. The van der Waals surface area contributed by atoms with Gasteiger partial charge in [0.2, 0.25) is 11.8 Å². The lowest BCUT2D eigenvalue weighted by Gasteiger charge is -2.27. The van der Waals surface area contributed by atoms with Gasteiger partial charge in [-0.1, -0.05) is 38.1 Å². The molecular formula is C21H23F2N3O3. The standard InChI is InChI=1S/C21H23F2N3O3/c1-13(2)19(25-20(28)18-15(22)10-7-11-16(18)23)21(29)26(3)12-17(27)24-14-8-5-4-6-9-14/h4-11,13,19H,12H2,1-3H3,(H,24,27)(H,25,28). The first kappa shape index (κ1) is 22.0. The summed E-state index contributed by atoms with van der Waals surface area (Å²) in [5.41, 5.74) is -0.169. The van der Waals surface area contributed by atoms with Gasteiger partial charge in [-0.2, -0.15) is 0 Å². The van der Waals surface area contributed by atoms with E-state index in [1.54, 1.807) is 44.2 Å². The molecule has 0 aromatic heterocycles. The van der Waals surface area contributed by atoms with Gasteiger partial charge in [-0.3, -0.25) is 14.4 Å². The molecule has 154 valence electrons. The average Bonchev–Trinajstić information content (AvgIpc) is 2.65. The van der Waals surface area contributed by atoms with Gasteiger partial charge in [-0.15, -0.1) is 0 Å². The average molecular weight is 403 g/mol. The fourth-order valence-corrected chi connectivity index (χ4v) is 2.69. The Morgan fingerprint density at radius 3 is 2.10 bits per heavy atom. The normalized spacial score (nSPS) is 11.7. The van der Waals surface area contributed by atoms with E-state index in [2.05, 4.69) is 10.6 Å². The van der Waals surface area contributed by atoms with Crippen LogP contribution in [0.2, 0.25) is 0 Å². The fraction of sp³-hybridized carbons (Fsp3) is 0.286. The van der Waals surface area contributed by atoms with Crippen LogP contribution in [0.3, 0.4) is 0 Å². The van der Waals surface area contributed by atoms with Crippen molar-refractivity contribution in [2.45, 2.75) is 19.9 Å². The Morgan fingerprint density at radius 1 is 0.966 bits per heavy atom. The van der Waals surface area contributed by atoms with Crippen molar-refractivity contribution in [3.8, 4) is 0 Å². The summed E-state index contributed by atoms with van der Waals surface area (Å²) < 4.78 is 27.7. The molecule has 0 heterocycles. The molecule has 0 fully saturated rings. The smallest absolute Gasteiger partial charge is 0.257 e. The Bertz CT molecular complexity index is 868. The number of hydrogen-bond donors (Lipinski definition) is 2. The first-order chi connectivity index (χ1) is 13.7. The lowest BCUT2D eigenvalue weighted by Crippen LogP contribution is -2.51. The molecule has 2 N–H and O–H groups in total. The summed E-state index contributed by atoms with van der Waals surface area (Å²) in [5, 5.41) is 5.03. The number of nitrogens with one attached hydrogen (secondary N) is 2. The molecule has 6 nitrogen and oxygen atoms in total. The van der Waals surface area contributed by atoms with Crippen LogP contribution in [0.25, 0.3) is 0 Å². The summed E-state index contributed by atoms with van der Waals surface area (Å²) in [6.07, 6.45) is 0. The summed E-state index contributed by atoms with van der Waals surface area (Å²) in [4.78, 5) is 38.4. The Balaban J connectivity index is 2.06. The zero-order chi connectivity index (χ0) is 21.6. The molecule has 0 spiro atoms. The number of benzene rings is 2. The molecule has 0 saturated heterocycles. The number of likely N-dealkylation sites (N-methyl/N-ethyl adjacent to an activating group) is 1. The third kappa shape index (κ3) is 5.84. The summed E-state index contributed by atoms with van der Waals surface area (Å²) >= 11 is 0. The van der Waals surface area contributed by atoms with Gasteiger partial charge in [0.05, 0.1) is 6.54 Å². The fourth-order valence-electron chi connectivity index (χ4n) is 2.69. The van der Waals surface area contributed by atoms with Crippen LogP contribution >= 0.6 is 0 Å². The molecule has 0 aliphatic heterocycles. The van der Waals surface area contributed by atoms with Crippen LogP contribution in [-0.2, 0) is 9.59 Å². The number of carbonyl (C=O) groups is 3. The number of carbonyl (C=O) groups excluding carboxylic acids is 3. The number of rotatable bonds is 7. The van der Waals surface area contributed by atoms with Crippen molar-refractivity contribution in [3.63, 3.8) is 0 Å². The van der Waals surface area contributed by atoms with Crippen molar-refractivity contribution in [1.29, 1.82) is 0 Å². The molecular weight excluding hydrogens is 380 g/mol. The maximum Gasteiger partial charge on any atom is 0.257 e. The zero-order valence-electron chi connectivity index (χ0n) is 16.4. The van der Waals surface area contributed by atoms with Crippen LogP contribution < -0.4 is 10.6 Å². The highest BCUT2D eigenvalue weighted by atomic mass is 19.1. The molecule has 0 aliphatic carbocycles. The lowest BCUT2D eigenvalue weighted by molar-refractivity contribution is -0.135. The third-order valence-electron chi connectivity index (χ3n) is 4.22. The van der Waals surface area contributed by atoms with Crippen LogP contribution in [0.5, 0.6) is 0 Å². The van der Waals surface area contributed by atoms with E-state index >= 15 is 0 Å². The van der Waals surface area contributed by atoms with Crippen LogP contribution in [0.1, 0.15) is 24.2 Å². The van der Waals surface area contributed by atoms with E-state index in [1.807, 2.05) is 0 Å². The second-order valence-corrected chi connectivity index (χ2v) is 6.90. The Hall–Kier alpha value is -3.29. The number of nitrogens with zero attached hydrogens (tertiary/aromatic N) is 1. The highest BCUT2D eigenvalue weighted by Crippen LogP contribution is 2.14. The van der Waals surface area contributed by atoms with Gasteiger partial charge >= 0.3 is 0 Å². The van der Waals surface area contributed by atoms with Crippen LogP contribution in [-0.4, -0.2) is 42.3 Å². The second-order valence-electron chi connectivity index (χ2n) is 6.90. The molecule has 8 heteroatoms. The highest BCUT2D eigenvalue weighted by Gasteiger charge is 2.30. The van der Waals surface area contributed by atoms with E-state index in [0.29, 0.717) is 5.69 Å². The highest BCUT2D eigenvalue weighted by molar-refractivity contribution is 5.99. The molecule has 0 aliphatic rings. The van der Waals surface area contributed by atoms with Gasteiger partial charge in [0.1, 0.15) is 23.2 Å². The van der Waals surface area contributed by atoms with Crippen LogP contribution in [0, 0.1) is 17.6 Å². The van der Waals surface area contributed by atoms with Crippen molar-refractivity contribution in [3.05, 3.63) is 65.7 Å². The van der Waals surface area contributed by atoms with Gasteiger partial charge in [-0.25, -0.2) is 8.78 Å². The van der Waals surface area contributed by atoms with Gasteiger partial charge in [0.25, 0.3) is 5.91 Å². The first-order valence-corrected chi connectivity index (χ1v) is 9.05. The van der Waals surface area contributed by atoms with E-state index in [9.17, 15) is 23.2 Å². The van der Waals surface area contributed by atoms with Crippen molar-refractivity contribution < 1.29 is 23.2 Å². The Morgan fingerprint density at radius 2 is 1.55 bits per heavy atom. The van der Waals surface area contributed by atoms with Crippen molar-refractivity contribution >= 4 is 23.4 Å². The van der Waals surface area contributed by atoms with Crippen molar-refractivity contribution in [2.24, 2.45) is 5.92 Å². The first-order valence-electron chi connectivity index (χ1n) is 9.05. The lowest BCUT2D eigenvalue weighted by atomic mass is 10.0. The van der Waals surface area contributed by atoms with Gasteiger partial charge < -0.3 is 15.5 Å². The molecule has 29 heavy (non-hydrogen) atoms. The molecule has 2 aromatic carbocycles. The topological polar surface area (TPSA) is 78.5 Å². The molecule has 0 bridgehead atoms. The maximum atomic E-state index is 13.8. The van der Waals surface area contributed by atoms with E-state index in [4.69, 9.17) is 0 Å². The Labute approximate surface area is 167 Å². The predicted octanol–water partition coefficient (Wildman–Crippen LogP) is 2.82. The van der Waals surface area contributed by atoms with Crippen LogP contribution in [0.15, 0.2) is 48.5 Å². The largest absolute Gasteiger partial charge is 0.340 e. The summed E-state index contributed by atoms with van der Waals surface area (Å²) in [7, 11) is 1.41. The summed E-state index contributed by atoms with van der Waals surface area (Å²) in [6.45, 7) is 3.11. The minimum absolute atomic E-state index is 0.249. The molecule has 0 saturated carbocycles. The number of hydrogen-bond acceptors (Lipinski definition) is 3. The van der Waals surface area contributed by atoms with Gasteiger partial charge in [0, 0.05) is 12.7 Å². The zero-order valence-corrected chi connectivity index (χ0v) is 16.4. The predicted molar refractivity (Wildman–Crippen MR) is 105 cm³/mol. The number of para-hydroxylation sites is 1. The van der Waals surface area contributed by atoms with E-state index in [-0.39, 0.29) is 12.5 Å². The molecule has 3 amide bonds. The third-order valence-corrected chi connectivity index (χ3v) is 4.22. The minimum atomic E-state index is -1.06. The van der Waals surface area contributed by atoms with E-state index in [1.165, 1.54) is 7.05 Å². The molecule has 1 unspecified atom stereocenters. The SMILES string of the molecule is CC(C)C(NC(=O)c1c(F)cccc1F)C(=O)N(C)CC(=O)Nc1ccccc1. The van der Waals surface area contributed by atoms with Gasteiger partial charge in [-0.05, 0) is 30.2 Å². The van der Waals surface area contributed by atoms with Crippen molar-refractivity contribution in [2.75, 3.05) is 18.9 Å². The Kier molecular flexibility index (Phi) is 7.41. The number of amides is 3. The maximum absolute atomic E-state index is 13.8. The minimum Gasteiger partial charge on any atom is -0.340 e. The summed E-state index contributed by atoms with van der Waals surface area (Å²) in [5.74, 6) is -4.41. The van der Waals surface area contributed by atoms with E-state index < -0.39 is 41.0 Å². The molecule has 2 rings (SSSR count). The number of anilines is 1. The van der Waals surface area contributed by atoms with Crippen molar-refractivity contribution in [1.82, 2.24) is 10.2 Å².